The zero-order chi connectivity index (χ0) is 21.5. The number of aromatic nitrogens is 1. The molecule has 3 aromatic rings. The van der Waals surface area contributed by atoms with E-state index >= 15 is 0 Å². The van der Waals surface area contributed by atoms with Crippen molar-refractivity contribution in [2.45, 2.75) is 44.6 Å². The van der Waals surface area contributed by atoms with Crippen molar-refractivity contribution in [2.75, 3.05) is 18.5 Å². The number of nitrogens with zero attached hydrogens (tertiary/aromatic N) is 1. The van der Waals surface area contributed by atoms with Crippen LogP contribution in [-0.4, -0.2) is 24.0 Å². The zero-order valence-electron chi connectivity index (χ0n) is 17.9. The lowest BCUT2D eigenvalue weighted by Crippen LogP contribution is -2.27. The SMILES string of the molecule is NCC(C(=O)Nc1ccc2cnccc2c1)c1ccc(COCC2CCCCC2)cc1. The van der Waals surface area contributed by atoms with E-state index in [1.54, 1.807) is 6.20 Å². The number of carbonyl (C=O) groups excluding carboxylic acids is 1. The summed E-state index contributed by atoms with van der Waals surface area (Å²) in [5.41, 5.74) is 8.76. The number of anilines is 1. The fourth-order valence-corrected chi connectivity index (χ4v) is 4.33. The first-order chi connectivity index (χ1) is 15.2. The third kappa shape index (κ3) is 5.69. The molecule has 1 aliphatic rings. The first-order valence-electron chi connectivity index (χ1n) is 11.2. The maximum absolute atomic E-state index is 12.9. The smallest absolute Gasteiger partial charge is 0.233 e. The third-order valence-electron chi connectivity index (χ3n) is 6.19. The Balaban J connectivity index is 1.34. The van der Waals surface area contributed by atoms with Crippen molar-refractivity contribution in [1.29, 1.82) is 0 Å². The largest absolute Gasteiger partial charge is 0.376 e. The average Bonchev–Trinajstić information content (AvgIpc) is 2.81. The van der Waals surface area contributed by atoms with E-state index in [2.05, 4.69) is 10.3 Å². The quantitative estimate of drug-likeness (QED) is 0.540. The Hall–Kier alpha value is -2.76. The first kappa shape index (κ1) is 21.5. The summed E-state index contributed by atoms with van der Waals surface area (Å²) in [6.45, 7) is 1.71. The van der Waals surface area contributed by atoms with Gasteiger partial charge in [0, 0.05) is 36.6 Å². The van der Waals surface area contributed by atoms with Crippen molar-refractivity contribution < 1.29 is 9.53 Å². The van der Waals surface area contributed by atoms with Gasteiger partial charge in [-0.15, -0.1) is 0 Å². The van der Waals surface area contributed by atoms with Crippen LogP contribution in [0, 0.1) is 5.92 Å². The number of carbonyl (C=O) groups is 1. The van der Waals surface area contributed by atoms with Crippen molar-refractivity contribution in [3.63, 3.8) is 0 Å². The fraction of sp³-hybridized carbons (Fsp3) is 0.385. The Morgan fingerprint density at radius 3 is 2.65 bits per heavy atom. The van der Waals surface area contributed by atoms with Crippen molar-refractivity contribution in [3.05, 3.63) is 72.1 Å². The molecule has 0 saturated heterocycles. The maximum atomic E-state index is 12.9. The number of nitrogens with two attached hydrogens (primary N) is 1. The van der Waals surface area contributed by atoms with Crippen LogP contribution in [0.1, 0.15) is 49.1 Å². The normalized spacial score (nSPS) is 15.6. The van der Waals surface area contributed by atoms with Gasteiger partial charge in [-0.05, 0) is 53.5 Å². The second kappa shape index (κ2) is 10.5. The van der Waals surface area contributed by atoms with Crippen molar-refractivity contribution in [3.8, 4) is 0 Å². The molecule has 0 radical (unpaired) electrons. The first-order valence-corrected chi connectivity index (χ1v) is 11.2. The number of pyridine rings is 1. The van der Waals surface area contributed by atoms with Gasteiger partial charge in [0.1, 0.15) is 0 Å². The fourth-order valence-electron chi connectivity index (χ4n) is 4.33. The van der Waals surface area contributed by atoms with Crippen molar-refractivity contribution in [2.24, 2.45) is 11.7 Å². The number of amides is 1. The van der Waals surface area contributed by atoms with Gasteiger partial charge in [0.15, 0.2) is 0 Å². The minimum Gasteiger partial charge on any atom is -0.376 e. The Kier molecular flexibility index (Phi) is 7.28. The van der Waals surface area contributed by atoms with Gasteiger partial charge in [-0.1, -0.05) is 49.6 Å². The van der Waals surface area contributed by atoms with Crippen LogP contribution in [0.3, 0.4) is 0 Å². The summed E-state index contributed by atoms with van der Waals surface area (Å²) in [6, 6.07) is 15.8. The van der Waals surface area contributed by atoms with Crippen LogP contribution < -0.4 is 11.1 Å². The topological polar surface area (TPSA) is 77.2 Å². The number of hydrogen-bond donors (Lipinski definition) is 2. The predicted molar refractivity (Wildman–Crippen MR) is 125 cm³/mol. The molecule has 0 bridgehead atoms. The molecule has 1 aliphatic carbocycles. The van der Waals surface area contributed by atoms with Crippen LogP contribution in [0.2, 0.25) is 0 Å². The molecule has 1 aromatic heterocycles. The summed E-state index contributed by atoms with van der Waals surface area (Å²) in [5.74, 6) is 0.215. The molecule has 31 heavy (non-hydrogen) atoms. The van der Waals surface area contributed by atoms with E-state index in [9.17, 15) is 4.79 Å². The summed E-state index contributed by atoms with van der Waals surface area (Å²) >= 11 is 0. The van der Waals surface area contributed by atoms with E-state index in [-0.39, 0.29) is 12.5 Å². The van der Waals surface area contributed by atoms with E-state index in [1.807, 2.05) is 54.7 Å². The highest BCUT2D eigenvalue weighted by Crippen LogP contribution is 2.25. The number of rotatable bonds is 8. The van der Waals surface area contributed by atoms with E-state index in [1.165, 1.54) is 32.1 Å². The molecule has 0 aliphatic heterocycles. The monoisotopic (exact) mass is 417 g/mol. The average molecular weight is 418 g/mol. The molecular formula is C26H31N3O2. The summed E-state index contributed by atoms with van der Waals surface area (Å²) in [5, 5.41) is 5.08. The van der Waals surface area contributed by atoms with Gasteiger partial charge in [0.2, 0.25) is 5.91 Å². The Morgan fingerprint density at radius 2 is 1.87 bits per heavy atom. The molecule has 3 N–H and O–H groups in total. The molecule has 0 spiro atoms. The number of nitrogens with one attached hydrogen (secondary N) is 1. The molecule has 4 rings (SSSR count). The maximum Gasteiger partial charge on any atom is 0.233 e. The van der Waals surface area contributed by atoms with Crippen LogP contribution in [-0.2, 0) is 16.1 Å². The molecule has 1 heterocycles. The van der Waals surface area contributed by atoms with Crippen LogP contribution >= 0.6 is 0 Å². The third-order valence-corrected chi connectivity index (χ3v) is 6.19. The van der Waals surface area contributed by atoms with Gasteiger partial charge >= 0.3 is 0 Å². The molecule has 1 atom stereocenters. The Morgan fingerprint density at radius 1 is 1.06 bits per heavy atom. The summed E-state index contributed by atoms with van der Waals surface area (Å²) in [7, 11) is 0. The van der Waals surface area contributed by atoms with E-state index < -0.39 is 5.92 Å². The second-order valence-corrected chi connectivity index (χ2v) is 8.48. The predicted octanol–water partition coefficient (Wildman–Crippen LogP) is 5.01. The molecular weight excluding hydrogens is 386 g/mol. The highest BCUT2D eigenvalue weighted by molar-refractivity contribution is 5.98. The van der Waals surface area contributed by atoms with Gasteiger partial charge in [-0.25, -0.2) is 0 Å². The van der Waals surface area contributed by atoms with E-state index in [0.717, 1.165) is 34.2 Å². The second-order valence-electron chi connectivity index (χ2n) is 8.48. The lowest BCUT2D eigenvalue weighted by molar-refractivity contribution is -0.117. The van der Waals surface area contributed by atoms with Crippen molar-refractivity contribution in [1.82, 2.24) is 4.98 Å². The standard InChI is InChI=1S/C26H31N3O2/c27-15-25(26(30)29-24-11-10-23-16-28-13-12-22(23)14-24)21-8-6-20(7-9-21)18-31-17-19-4-2-1-3-5-19/h6-14,16,19,25H,1-5,15,17-18,27H2,(H,29,30). The lowest BCUT2D eigenvalue weighted by atomic mass is 9.90. The van der Waals surface area contributed by atoms with E-state index in [0.29, 0.717) is 12.5 Å². The minimum atomic E-state index is -0.398. The van der Waals surface area contributed by atoms with Gasteiger partial charge < -0.3 is 15.8 Å². The lowest BCUT2D eigenvalue weighted by Gasteiger charge is -2.21. The molecule has 5 nitrogen and oxygen atoms in total. The minimum absolute atomic E-state index is 0.0998. The molecule has 1 fully saturated rings. The number of fused-ring (bicyclic) bond motifs is 1. The van der Waals surface area contributed by atoms with Crippen molar-refractivity contribution >= 4 is 22.4 Å². The summed E-state index contributed by atoms with van der Waals surface area (Å²) in [6.07, 6.45) is 10.2. The van der Waals surface area contributed by atoms with Gasteiger partial charge in [-0.3, -0.25) is 9.78 Å². The van der Waals surface area contributed by atoms with Crippen LogP contribution in [0.4, 0.5) is 5.69 Å². The Labute approximate surface area is 184 Å². The molecule has 1 amide bonds. The van der Waals surface area contributed by atoms with Crippen LogP contribution in [0.25, 0.3) is 10.8 Å². The van der Waals surface area contributed by atoms with Gasteiger partial charge in [0.05, 0.1) is 12.5 Å². The highest BCUT2D eigenvalue weighted by atomic mass is 16.5. The molecule has 1 saturated carbocycles. The molecule has 162 valence electrons. The number of hydrogen-bond acceptors (Lipinski definition) is 4. The molecule has 5 heteroatoms. The summed E-state index contributed by atoms with van der Waals surface area (Å²) in [4.78, 5) is 17.0. The highest BCUT2D eigenvalue weighted by Gasteiger charge is 2.19. The van der Waals surface area contributed by atoms with Gasteiger partial charge in [0.25, 0.3) is 0 Å². The van der Waals surface area contributed by atoms with Crippen LogP contribution in [0.5, 0.6) is 0 Å². The van der Waals surface area contributed by atoms with Crippen LogP contribution in [0.15, 0.2) is 60.9 Å². The molecule has 2 aromatic carbocycles. The number of ether oxygens (including phenoxy) is 1. The summed E-state index contributed by atoms with van der Waals surface area (Å²) < 4.78 is 5.94. The van der Waals surface area contributed by atoms with Gasteiger partial charge in [-0.2, -0.15) is 0 Å². The molecule has 1 unspecified atom stereocenters. The zero-order valence-corrected chi connectivity index (χ0v) is 17.9. The number of benzene rings is 2. The Bertz CT molecular complexity index is 997. The van der Waals surface area contributed by atoms with E-state index in [4.69, 9.17) is 10.5 Å².